The van der Waals surface area contributed by atoms with Crippen LogP contribution < -0.4 is 5.73 Å². The van der Waals surface area contributed by atoms with Crippen LogP contribution in [0, 0.1) is 13.8 Å². The molecule has 0 saturated carbocycles. The van der Waals surface area contributed by atoms with E-state index in [9.17, 15) is 0 Å². The highest BCUT2D eigenvalue weighted by molar-refractivity contribution is 7.99. The second-order valence-corrected chi connectivity index (χ2v) is 5.87. The van der Waals surface area contributed by atoms with E-state index in [0.717, 1.165) is 5.76 Å². The summed E-state index contributed by atoms with van der Waals surface area (Å²) >= 11 is 1.77. The molecule has 96 valence electrons. The number of hydrogen-bond donors (Lipinski definition) is 1. The number of furan rings is 1. The third kappa shape index (κ3) is 2.98. The van der Waals surface area contributed by atoms with Gasteiger partial charge in [0.15, 0.2) is 0 Å². The van der Waals surface area contributed by atoms with Crippen LogP contribution in [0.2, 0.25) is 0 Å². The van der Waals surface area contributed by atoms with Gasteiger partial charge < -0.3 is 10.2 Å². The Labute approximate surface area is 113 Å². The first-order valence-corrected chi connectivity index (χ1v) is 6.99. The lowest BCUT2D eigenvalue weighted by Crippen LogP contribution is -2.22. The maximum atomic E-state index is 6.07. The van der Waals surface area contributed by atoms with Crippen LogP contribution in [0.15, 0.2) is 45.9 Å². The van der Waals surface area contributed by atoms with E-state index in [-0.39, 0.29) is 11.3 Å². The summed E-state index contributed by atoms with van der Waals surface area (Å²) in [7, 11) is 0. The number of thioether (sulfide) groups is 1. The van der Waals surface area contributed by atoms with Crippen LogP contribution in [-0.2, 0) is 0 Å². The summed E-state index contributed by atoms with van der Waals surface area (Å²) in [5.74, 6) is 0.940. The van der Waals surface area contributed by atoms with Gasteiger partial charge in [-0.1, -0.05) is 17.7 Å². The molecule has 2 rings (SSSR count). The lowest BCUT2D eigenvalue weighted by molar-refractivity contribution is 0.487. The van der Waals surface area contributed by atoms with Gasteiger partial charge in [0.2, 0.25) is 0 Å². The Bertz CT molecular complexity index is 505. The van der Waals surface area contributed by atoms with Crippen molar-refractivity contribution in [1.29, 1.82) is 0 Å². The van der Waals surface area contributed by atoms with Crippen molar-refractivity contribution < 1.29 is 4.42 Å². The van der Waals surface area contributed by atoms with Crippen molar-refractivity contribution in [3.8, 4) is 0 Å². The molecule has 1 heterocycles. The van der Waals surface area contributed by atoms with Crippen LogP contribution in [0.1, 0.15) is 29.1 Å². The van der Waals surface area contributed by atoms with Crippen molar-refractivity contribution in [1.82, 2.24) is 0 Å². The number of benzene rings is 1. The molecule has 1 aromatic carbocycles. The minimum absolute atomic E-state index is 0.0434. The van der Waals surface area contributed by atoms with Gasteiger partial charge in [0.05, 0.1) is 11.5 Å². The summed E-state index contributed by atoms with van der Waals surface area (Å²) in [5, 5.41) is 0.154. The first kappa shape index (κ1) is 13.2. The summed E-state index contributed by atoms with van der Waals surface area (Å²) in [5.41, 5.74) is 8.65. The van der Waals surface area contributed by atoms with Crippen LogP contribution in [0.5, 0.6) is 0 Å². The predicted octanol–water partition coefficient (Wildman–Crippen LogP) is 4.08. The van der Waals surface area contributed by atoms with E-state index < -0.39 is 0 Å². The Morgan fingerprint density at radius 1 is 1.22 bits per heavy atom. The van der Waals surface area contributed by atoms with Crippen molar-refractivity contribution in [2.24, 2.45) is 5.73 Å². The summed E-state index contributed by atoms with van der Waals surface area (Å²) in [6.07, 6.45) is 1.70. The molecule has 3 heteroatoms. The molecule has 2 N–H and O–H groups in total. The molecule has 0 saturated heterocycles. The zero-order valence-electron chi connectivity index (χ0n) is 11.0. The Hall–Kier alpha value is -1.19. The molecule has 0 aliphatic rings. The number of aryl methyl sites for hydroxylation is 2. The topological polar surface area (TPSA) is 39.2 Å². The first-order chi connectivity index (χ1) is 8.58. The summed E-state index contributed by atoms with van der Waals surface area (Å²) < 4.78 is 5.49. The normalized spacial score (nSPS) is 14.4. The lowest BCUT2D eigenvalue weighted by atomic mass is 10.2. The van der Waals surface area contributed by atoms with Crippen LogP contribution in [0.4, 0.5) is 0 Å². The van der Waals surface area contributed by atoms with Gasteiger partial charge in [-0.15, -0.1) is 11.8 Å². The molecule has 0 amide bonds. The zero-order chi connectivity index (χ0) is 13.1. The molecule has 2 atom stereocenters. The van der Waals surface area contributed by atoms with Crippen LogP contribution in [0.3, 0.4) is 0 Å². The lowest BCUT2D eigenvalue weighted by Gasteiger charge is -2.19. The van der Waals surface area contributed by atoms with E-state index >= 15 is 0 Å². The molecule has 0 fully saturated rings. The van der Waals surface area contributed by atoms with Gasteiger partial charge in [-0.25, -0.2) is 0 Å². The van der Waals surface area contributed by atoms with Crippen molar-refractivity contribution in [2.45, 2.75) is 37.0 Å². The average molecular weight is 261 g/mol. The maximum Gasteiger partial charge on any atom is 0.118 e. The SMILES string of the molecule is Cc1ccc(SC(c2ccco2)C(C)N)c(C)c1. The van der Waals surface area contributed by atoms with Gasteiger partial charge in [0.25, 0.3) is 0 Å². The molecule has 2 aromatic rings. The fourth-order valence-corrected chi connectivity index (χ4v) is 3.08. The highest BCUT2D eigenvalue weighted by Gasteiger charge is 2.21. The third-order valence-electron chi connectivity index (χ3n) is 2.89. The third-order valence-corrected chi connectivity index (χ3v) is 4.51. The van der Waals surface area contributed by atoms with Gasteiger partial charge in [-0.05, 0) is 44.5 Å². The average Bonchev–Trinajstić information content (AvgIpc) is 2.80. The summed E-state index contributed by atoms with van der Waals surface area (Å²) in [6, 6.07) is 10.4. The monoisotopic (exact) mass is 261 g/mol. The molecule has 2 nitrogen and oxygen atoms in total. The minimum Gasteiger partial charge on any atom is -0.468 e. The fraction of sp³-hybridized carbons (Fsp3) is 0.333. The van der Waals surface area contributed by atoms with Crippen molar-refractivity contribution in [3.05, 3.63) is 53.5 Å². The van der Waals surface area contributed by atoms with Gasteiger partial charge in [0.1, 0.15) is 5.76 Å². The molecular formula is C15H19NOS. The molecule has 0 radical (unpaired) electrons. The Balaban J connectivity index is 2.24. The Morgan fingerprint density at radius 2 is 2.00 bits per heavy atom. The highest BCUT2D eigenvalue weighted by atomic mass is 32.2. The van der Waals surface area contributed by atoms with Gasteiger partial charge >= 0.3 is 0 Å². The van der Waals surface area contributed by atoms with Gasteiger partial charge in [-0.2, -0.15) is 0 Å². The maximum absolute atomic E-state index is 6.07. The quantitative estimate of drug-likeness (QED) is 0.843. The van der Waals surface area contributed by atoms with Gasteiger partial charge in [-0.3, -0.25) is 0 Å². The molecule has 0 aliphatic carbocycles. The van der Waals surface area contributed by atoms with E-state index in [2.05, 4.69) is 32.0 Å². The summed E-state index contributed by atoms with van der Waals surface area (Å²) in [6.45, 7) is 6.26. The second-order valence-electron chi connectivity index (χ2n) is 4.68. The first-order valence-electron chi connectivity index (χ1n) is 6.11. The molecular weight excluding hydrogens is 242 g/mol. The number of nitrogens with two attached hydrogens (primary N) is 1. The van der Waals surface area contributed by atoms with Gasteiger partial charge in [0, 0.05) is 10.9 Å². The van der Waals surface area contributed by atoms with E-state index in [1.54, 1.807) is 18.0 Å². The predicted molar refractivity (Wildman–Crippen MR) is 76.9 cm³/mol. The smallest absolute Gasteiger partial charge is 0.118 e. The van der Waals surface area contributed by atoms with Crippen LogP contribution in [0.25, 0.3) is 0 Å². The molecule has 0 aliphatic heterocycles. The molecule has 18 heavy (non-hydrogen) atoms. The van der Waals surface area contributed by atoms with Crippen LogP contribution in [-0.4, -0.2) is 6.04 Å². The Kier molecular flexibility index (Phi) is 4.15. The number of rotatable bonds is 4. The van der Waals surface area contributed by atoms with E-state index in [0.29, 0.717) is 0 Å². The standard InChI is InChI=1S/C15H19NOS/c1-10-6-7-14(11(2)9-10)18-15(12(3)16)13-5-4-8-17-13/h4-9,12,15H,16H2,1-3H3. The van der Waals surface area contributed by atoms with Crippen LogP contribution >= 0.6 is 11.8 Å². The fourth-order valence-electron chi connectivity index (χ4n) is 1.95. The van der Waals surface area contributed by atoms with Crippen molar-refractivity contribution in [2.75, 3.05) is 0 Å². The minimum atomic E-state index is 0.0434. The van der Waals surface area contributed by atoms with E-state index in [1.165, 1.54) is 16.0 Å². The Morgan fingerprint density at radius 3 is 2.56 bits per heavy atom. The molecule has 0 bridgehead atoms. The zero-order valence-corrected chi connectivity index (χ0v) is 11.8. The second kappa shape index (κ2) is 5.63. The molecule has 2 unspecified atom stereocenters. The summed E-state index contributed by atoms with van der Waals surface area (Å²) in [4.78, 5) is 1.26. The van der Waals surface area contributed by atoms with Crippen molar-refractivity contribution in [3.63, 3.8) is 0 Å². The molecule has 0 spiro atoms. The largest absolute Gasteiger partial charge is 0.468 e. The molecule has 1 aromatic heterocycles. The van der Waals surface area contributed by atoms with E-state index in [4.69, 9.17) is 10.2 Å². The highest BCUT2D eigenvalue weighted by Crippen LogP contribution is 2.38. The van der Waals surface area contributed by atoms with E-state index in [1.807, 2.05) is 19.1 Å². The number of hydrogen-bond acceptors (Lipinski definition) is 3. The van der Waals surface area contributed by atoms with Crippen molar-refractivity contribution >= 4 is 11.8 Å².